The summed E-state index contributed by atoms with van der Waals surface area (Å²) < 4.78 is 2.82. The number of nitrogens with two attached hydrogens (primary N) is 1. The van der Waals surface area contributed by atoms with E-state index in [1.165, 1.54) is 0 Å². The molecule has 3 heterocycles. The molecule has 3 aromatic rings. The lowest BCUT2D eigenvalue weighted by Gasteiger charge is -2.02. The Balaban J connectivity index is 2.09. The predicted molar refractivity (Wildman–Crippen MR) is 65.5 cm³/mol. The second-order valence-corrected chi connectivity index (χ2v) is 4.49. The molecule has 7 heteroatoms. The minimum Gasteiger partial charge on any atom is -0.329 e. The van der Waals surface area contributed by atoms with Crippen LogP contribution in [0.25, 0.3) is 21.6 Å². The molecule has 0 aromatic carbocycles. The Morgan fingerprint density at radius 2 is 2.35 bits per heavy atom. The quantitative estimate of drug-likeness (QED) is 0.742. The average molecular weight is 246 g/mol. The summed E-state index contributed by atoms with van der Waals surface area (Å²) in [5, 5.41) is 13.6. The van der Waals surface area contributed by atoms with Crippen molar-refractivity contribution in [2.45, 2.75) is 6.54 Å². The Morgan fingerprint density at radius 3 is 3.24 bits per heavy atom. The molecule has 17 heavy (non-hydrogen) atoms. The van der Waals surface area contributed by atoms with Gasteiger partial charge in [0.25, 0.3) is 0 Å². The first-order valence-corrected chi connectivity index (χ1v) is 6.06. The van der Waals surface area contributed by atoms with E-state index in [0.717, 1.165) is 15.8 Å². The number of pyridine rings is 1. The van der Waals surface area contributed by atoms with Gasteiger partial charge in [-0.25, -0.2) is 4.68 Å². The maximum Gasteiger partial charge on any atom is 0.183 e. The van der Waals surface area contributed by atoms with Gasteiger partial charge in [0.2, 0.25) is 0 Å². The van der Waals surface area contributed by atoms with E-state index in [1.54, 1.807) is 22.2 Å². The van der Waals surface area contributed by atoms with Crippen molar-refractivity contribution in [2.75, 3.05) is 6.54 Å². The van der Waals surface area contributed by atoms with Gasteiger partial charge in [-0.15, -0.1) is 16.4 Å². The maximum absolute atomic E-state index is 5.51. The molecule has 3 rings (SSSR count). The molecule has 0 saturated heterocycles. The molecular formula is C10H10N6S. The second-order valence-electron chi connectivity index (χ2n) is 3.54. The molecule has 0 fully saturated rings. The molecule has 0 spiro atoms. The van der Waals surface area contributed by atoms with Gasteiger partial charge >= 0.3 is 0 Å². The second kappa shape index (κ2) is 4.19. The van der Waals surface area contributed by atoms with Gasteiger partial charge in [-0.2, -0.15) is 0 Å². The van der Waals surface area contributed by atoms with Gasteiger partial charge < -0.3 is 5.73 Å². The lowest BCUT2D eigenvalue weighted by atomic mass is 10.2. The highest BCUT2D eigenvalue weighted by atomic mass is 32.1. The van der Waals surface area contributed by atoms with E-state index in [0.29, 0.717) is 18.9 Å². The van der Waals surface area contributed by atoms with Crippen molar-refractivity contribution < 1.29 is 0 Å². The summed E-state index contributed by atoms with van der Waals surface area (Å²) in [5.41, 5.74) is 7.42. The molecule has 0 amide bonds. The summed E-state index contributed by atoms with van der Waals surface area (Å²) in [6.07, 6.45) is 1.79. The summed E-state index contributed by atoms with van der Waals surface area (Å²) in [4.78, 5) is 4.37. The van der Waals surface area contributed by atoms with Crippen LogP contribution in [0.5, 0.6) is 0 Å². The lowest BCUT2D eigenvalue weighted by Crippen LogP contribution is -2.12. The average Bonchev–Trinajstić information content (AvgIpc) is 2.96. The highest BCUT2D eigenvalue weighted by molar-refractivity contribution is 7.17. The summed E-state index contributed by atoms with van der Waals surface area (Å²) in [6, 6.07) is 4.04. The Morgan fingerprint density at radius 1 is 1.41 bits per heavy atom. The lowest BCUT2D eigenvalue weighted by molar-refractivity contribution is 0.603. The summed E-state index contributed by atoms with van der Waals surface area (Å²) >= 11 is 1.65. The van der Waals surface area contributed by atoms with Gasteiger partial charge in [-0.3, -0.25) is 4.98 Å². The molecule has 3 aromatic heterocycles. The predicted octanol–water partition coefficient (Wildman–Crippen LogP) is 0.909. The molecule has 0 aliphatic rings. The van der Waals surface area contributed by atoms with E-state index in [4.69, 9.17) is 5.73 Å². The van der Waals surface area contributed by atoms with Crippen LogP contribution in [0.2, 0.25) is 0 Å². The number of rotatable bonds is 3. The van der Waals surface area contributed by atoms with Crippen molar-refractivity contribution in [1.29, 1.82) is 0 Å². The number of hydrogen-bond donors (Lipinski definition) is 1. The summed E-state index contributed by atoms with van der Waals surface area (Å²) in [7, 11) is 0. The first-order valence-electron chi connectivity index (χ1n) is 5.18. The number of nitrogens with zero attached hydrogens (tertiary/aromatic N) is 5. The number of thiophene rings is 1. The van der Waals surface area contributed by atoms with E-state index < -0.39 is 0 Å². The van der Waals surface area contributed by atoms with Crippen LogP contribution in [-0.4, -0.2) is 31.7 Å². The molecule has 6 nitrogen and oxygen atoms in total. The maximum atomic E-state index is 5.51. The van der Waals surface area contributed by atoms with Crippen LogP contribution in [-0.2, 0) is 6.54 Å². The van der Waals surface area contributed by atoms with Crippen molar-refractivity contribution >= 4 is 21.6 Å². The standard InChI is InChI=1S/C10H10N6S/c11-2-3-16-10(13-14-15-16)7-5-9-8(12-6-7)1-4-17-9/h1,4-6H,2-3,11H2. The normalized spacial score (nSPS) is 11.1. The molecule has 2 N–H and O–H groups in total. The Kier molecular flexibility index (Phi) is 2.54. The number of fused-ring (bicyclic) bond motifs is 1. The molecule has 0 bridgehead atoms. The molecule has 86 valence electrons. The van der Waals surface area contributed by atoms with Crippen LogP contribution in [0.3, 0.4) is 0 Å². The van der Waals surface area contributed by atoms with E-state index in [-0.39, 0.29) is 0 Å². The zero-order chi connectivity index (χ0) is 11.7. The smallest absolute Gasteiger partial charge is 0.183 e. The first kappa shape index (κ1) is 10.3. The third-order valence-corrected chi connectivity index (χ3v) is 3.29. The number of hydrogen-bond acceptors (Lipinski definition) is 6. The van der Waals surface area contributed by atoms with Gasteiger partial charge in [0.1, 0.15) is 0 Å². The number of aromatic nitrogens is 5. The van der Waals surface area contributed by atoms with Gasteiger partial charge in [0.15, 0.2) is 5.82 Å². The van der Waals surface area contributed by atoms with Crippen LogP contribution in [0.4, 0.5) is 0 Å². The van der Waals surface area contributed by atoms with Crippen LogP contribution >= 0.6 is 11.3 Å². The van der Waals surface area contributed by atoms with Gasteiger partial charge in [-0.05, 0) is 27.9 Å². The summed E-state index contributed by atoms with van der Waals surface area (Å²) in [5.74, 6) is 0.707. The number of tetrazole rings is 1. The van der Waals surface area contributed by atoms with E-state index in [2.05, 4.69) is 20.5 Å². The SMILES string of the molecule is NCCn1nnnc1-c1cnc2ccsc2c1. The highest BCUT2D eigenvalue weighted by Crippen LogP contribution is 2.24. The Bertz CT molecular complexity index is 643. The van der Waals surface area contributed by atoms with Gasteiger partial charge in [0.05, 0.1) is 16.8 Å². The van der Waals surface area contributed by atoms with E-state index >= 15 is 0 Å². The van der Waals surface area contributed by atoms with Crippen molar-refractivity contribution in [1.82, 2.24) is 25.2 Å². The molecular weight excluding hydrogens is 236 g/mol. The molecule has 0 radical (unpaired) electrons. The minimum absolute atomic E-state index is 0.507. The van der Waals surface area contributed by atoms with Crippen LogP contribution in [0.15, 0.2) is 23.7 Å². The Hall–Kier alpha value is -1.86. The fourth-order valence-electron chi connectivity index (χ4n) is 1.65. The van der Waals surface area contributed by atoms with Crippen LogP contribution in [0.1, 0.15) is 0 Å². The van der Waals surface area contributed by atoms with E-state index in [9.17, 15) is 0 Å². The third-order valence-electron chi connectivity index (χ3n) is 2.43. The molecule has 0 saturated carbocycles. The fraction of sp³-hybridized carbons (Fsp3) is 0.200. The zero-order valence-corrected chi connectivity index (χ0v) is 9.76. The summed E-state index contributed by atoms with van der Waals surface area (Å²) in [6.45, 7) is 1.11. The van der Waals surface area contributed by atoms with Crippen LogP contribution in [0, 0.1) is 0 Å². The first-order chi connectivity index (χ1) is 8.38. The van der Waals surface area contributed by atoms with Crippen LogP contribution < -0.4 is 5.73 Å². The van der Waals surface area contributed by atoms with Crippen molar-refractivity contribution in [3.05, 3.63) is 23.7 Å². The monoisotopic (exact) mass is 246 g/mol. The topological polar surface area (TPSA) is 82.5 Å². The molecule has 0 unspecified atom stereocenters. The van der Waals surface area contributed by atoms with Gasteiger partial charge in [0, 0.05) is 18.3 Å². The molecule has 0 aliphatic heterocycles. The van der Waals surface area contributed by atoms with Crippen molar-refractivity contribution in [2.24, 2.45) is 5.73 Å². The fourth-order valence-corrected chi connectivity index (χ4v) is 2.43. The van der Waals surface area contributed by atoms with E-state index in [1.807, 2.05) is 17.5 Å². The highest BCUT2D eigenvalue weighted by Gasteiger charge is 2.09. The minimum atomic E-state index is 0.507. The largest absolute Gasteiger partial charge is 0.329 e. The molecule has 0 atom stereocenters. The van der Waals surface area contributed by atoms with Crippen molar-refractivity contribution in [3.63, 3.8) is 0 Å². The zero-order valence-electron chi connectivity index (χ0n) is 8.95. The van der Waals surface area contributed by atoms with Gasteiger partial charge in [-0.1, -0.05) is 0 Å². The third kappa shape index (κ3) is 1.79. The molecule has 0 aliphatic carbocycles. The Labute approximate surface area is 101 Å². The van der Waals surface area contributed by atoms with Crippen molar-refractivity contribution in [3.8, 4) is 11.4 Å².